The van der Waals surface area contributed by atoms with Crippen LogP contribution in [0.15, 0.2) is 42.5 Å². The Morgan fingerprint density at radius 1 is 1.25 bits per heavy atom. The molecule has 0 aromatic heterocycles. The van der Waals surface area contributed by atoms with E-state index >= 15 is 0 Å². The summed E-state index contributed by atoms with van der Waals surface area (Å²) in [5.41, 5.74) is 4.58. The summed E-state index contributed by atoms with van der Waals surface area (Å²) in [6.07, 6.45) is 0. The van der Waals surface area contributed by atoms with Crippen LogP contribution in [0.1, 0.15) is 13.8 Å². The zero-order valence-corrected chi connectivity index (χ0v) is 11.8. The van der Waals surface area contributed by atoms with Gasteiger partial charge in [-0.25, -0.2) is 0 Å². The number of likely N-dealkylation sites (N-methyl/N-ethyl adjacent to an activating group) is 1. The van der Waals surface area contributed by atoms with E-state index in [1.165, 1.54) is 0 Å². The number of nitrogens with one attached hydrogen (secondary N) is 1. The van der Waals surface area contributed by atoms with Gasteiger partial charge in [0.05, 0.1) is 0 Å². The Bertz CT molecular complexity index is 607. The fourth-order valence-corrected chi connectivity index (χ4v) is 2.14. The lowest BCUT2D eigenvalue weighted by molar-refractivity contribution is -0.124. The Labute approximate surface area is 118 Å². The van der Waals surface area contributed by atoms with Crippen molar-refractivity contribution < 1.29 is 9.53 Å². The van der Waals surface area contributed by atoms with Gasteiger partial charge in [0.2, 0.25) is 5.91 Å². The number of hydrogen-bond donors (Lipinski definition) is 2. The van der Waals surface area contributed by atoms with Gasteiger partial charge in [0.15, 0.2) is 0 Å². The van der Waals surface area contributed by atoms with Crippen LogP contribution in [0.25, 0.3) is 10.8 Å². The maximum Gasteiger partial charge on any atom is 0.240 e. The van der Waals surface area contributed by atoms with Crippen LogP contribution in [0.3, 0.4) is 0 Å². The largest absolute Gasteiger partial charge is 0.490 e. The molecule has 4 nitrogen and oxygen atoms in total. The Balaban J connectivity index is 2.22. The third-order valence-electron chi connectivity index (χ3n) is 3.38. The molecule has 4 heteroatoms. The highest BCUT2D eigenvalue weighted by Crippen LogP contribution is 2.25. The molecule has 0 saturated heterocycles. The SMILES string of the molecule is CCNC(C)(COc1cccc2ccccc12)C(N)=O. The molecule has 0 spiro atoms. The van der Waals surface area contributed by atoms with E-state index in [1.807, 2.05) is 49.4 Å². The molecule has 106 valence electrons. The van der Waals surface area contributed by atoms with Gasteiger partial charge in [0, 0.05) is 5.39 Å². The van der Waals surface area contributed by atoms with E-state index in [4.69, 9.17) is 10.5 Å². The van der Waals surface area contributed by atoms with Crippen LogP contribution in [-0.2, 0) is 4.79 Å². The molecule has 20 heavy (non-hydrogen) atoms. The minimum Gasteiger partial charge on any atom is -0.490 e. The number of primary amides is 1. The highest BCUT2D eigenvalue weighted by atomic mass is 16.5. The minimum absolute atomic E-state index is 0.199. The van der Waals surface area contributed by atoms with Gasteiger partial charge in [-0.2, -0.15) is 0 Å². The summed E-state index contributed by atoms with van der Waals surface area (Å²) in [5.74, 6) is 0.341. The van der Waals surface area contributed by atoms with Crippen LogP contribution >= 0.6 is 0 Å². The van der Waals surface area contributed by atoms with Crippen molar-refractivity contribution in [2.75, 3.05) is 13.2 Å². The van der Waals surface area contributed by atoms with Crippen LogP contribution in [0.4, 0.5) is 0 Å². The zero-order chi connectivity index (χ0) is 14.6. The molecule has 1 atom stereocenters. The average Bonchev–Trinajstić information content (AvgIpc) is 2.45. The Hall–Kier alpha value is -2.07. The van der Waals surface area contributed by atoms with E-state index in [9.17, 15) is 4.79 Å². The predicted octanol–water partition coefficient (Wildman–Crippen LogP) is 2.07. The lowest BCUT2D eigenvalue weighted by Crippen LogP contribution is -2.57. The summed E-state index contributed by atoms with van der Waals surface area (Å²) in [6.45, 7) is 4.53. The molecule has 0 aliphatic carbocycles. The first-order valence-corrected chi connectivity index (χ1v) is 6.72. The van der Waals surface area contributed by atoms with E-state index in [2.05, 4.69) is 5.32 Å². The highest BCUT2D eigenvalue weighted by molar-refractivity contribution is 5.88. The normalized spacial score (nSPS) is 13.9. The first kappa shape index (κ1) is 14.3. The number of nitrogens with two attached hydrogens (primary N) is 1. The van der Waals surface area contributed by atoms with Crippen molar-refractivity contribution in [2.24, 2.45) is 5.73 Å². The molecule has 0 bridgehead atoms. The fraction of sp³-hybridized carbons (Fsp3) is 0.312. The molecule has 2 rings (SSSR count). The second-order valence-electron chi connectivity index (χ2n) is 4.99. The van der Waals surface area contributed by atoms with Crippen molar-refractivity contribution in [3.63, 3.8) is 0 Å². The molecule has 1 unspecified atom stereocenters. The minimum atomic E-state index is -0.869. The van der Waals surface area contributed by atoms with Gasteiger partial charge >= 0.3 is 0 Å². The maximum atomic E-state index is 11.6. The number of ether oxygens (including phenoxy) is 1. The van der Waals surface area contributed by atoms with Crippen LogP contribution in [0.2, 0.25) is 0 Å². The molecule has 0 aliphatic heterocycles. The molecule has 0 aliphatic rings. The van der Waals surface area contributed by atoms with Crippen LogP contribution in [0.5, 0.6) is 5.75 Å². The Morgan fingerprint density at radius 3 is 2.65 bits per heavy atom. The monoisotopic (exact) mass is 272 g/mol. The van der Waals surface area contributed by atoms with Crippen molar-refractivity contribution in [3.8, 4) is 5.75 Å². The number of carbonyl (C=O) groups excluding carboxylic acids is 1. The number of rotatable bonds is 6. The van der Waals surface area contributed by atoms with Crippen LogP contribution in [0, 0.1) is 0 Å². The molecular formula is C16H20N2O2. The molecular weight excluding hydrogens is 252 g/mol. The number of benzene rings is 2. The summed E-state index contributed by atoms with van der Waals surface area (Å²) < 4.78 is 5.83. The summed E-state index contributed by atoms with van der Waals surface area (Å²) >= 11 is 0. The number of fused-ring (bicyclic) bond motifs is 1. The first-order valence-electron chi connectivity index (χ1n) is 6.72. The van der Waals surface area contributed by atoms with Crippen LogP contribution < -0.4 is 15.8 Å². The predicted molar refractivity (Wildman–Crippen MR) is 80.7 cm³/mol. The topological polar surface area (TPSA) is 64.3 Å². The van der Waals surface area contributed by atoms with Gasteiger partial charge in [-0.1, -0.05) is 43.3 Å². The lowest BCUT2D eigenvalue weighted by atomic mass is 10.0. The average molecular weight is 272 g/mol. The molecule has 0 fully saturated rings. The third kappa shape index (κ3) is 2.91. The third-order valence-corrected chi connectivity index (χ3v) is 3.38. The standard InChI is InChI=1S/C16H20N2O2/c1-3-18-16(2,15(17)19)11-20-14-10-6-8-12-7-4-5-9-13(12)14/h4-10,18H,3,11H2,1-2H3,(H2,17,19). The zero-order valence-electron chi connectivity index (χ0n) is 11.8. The molecule has 1 amide bonds. The van der Waals surface area contributed by atoms with E-state index in [1.54, 1.807) is 6.92 Å². The number of carbonyl (C=O) groups is 1. The molecule has 3 N–H and O–H groups in total. The van der Waals surface area contributed by atoms with Crippen molar-refractivity contribution in [3.05, 3.63) is 42.5 Å². The van der Waals surface area contributed by atoms with Crippen LogP contribution in [-0.4, -0.2) is 24.6 Å². The lowest BCUT2D eigenvalue weighted by Gasteiger charge is -2.27. The molecule has 2 aromatic rings. The molecule has 2 aromatic carbocycles. The Kier molecular flexibility index (Phi) is 4.25. The highest BCUT2D eigenvalue weighted by Gasteiger charge is 2.31. The quantitative estimate of drug-likeness (QED) is 0.846. The van der Waals surface area contributed by atoms with E-state index < -0.39 is 11.4 Å². The number of amides is 1. The summed E-state index contributed by atoms with van der Waals surface area (Å²) in [4.78, 5) is 11.6. The summed E-state index contributed by atoms with van der Waals surface area (Å²) in [7, 11) is 0. The smallest absolute Gasteiger partial charge is 0.240 e. The second-order valence-corrected chi connectivity index (χ2v) is 4.99. The summed E-state index contributed by atoms with van der Waals surface area (Å²) in [5, 5.41) is 5.21. The van der Waals surface area contributed by atoms with Gasteiger partial charge in [-0.15, -0.1) is 0 Å². The van der Waals surface area contributed by atoms with Crippen molar-refractivity contribution in [1.82, 2.24) is 5.32 Å². The second kappa shape index (κ2) is 5.92. The molecule has 0 saturated carbocycles. The van der Waals surface area contributed by atoms with E-state index in [0.29, 0.717) is 6.54 Å². The van der Waals surface area contributed by atoms with Gasteiger partial charge in [0.1, 0.15) is 17.9 Å². The molecule has 0 radical (unpaired) electrons. The Morgan fingerprint density at radius 2 is 1.95 bits per heavy atom. The fourth-order valence-electron chi connectivity index (χ4n) is 2.14. The first-order chi connectivity index (χ1) is 9.57. The van der Waals surface area contributed by atoms with Gasteiger partial charge in [-0.3, -0.25) is 4.79 Å². The van der Waals surface area contributed by atoms with Gasteiger partial charge < -0.3 is 15.8 Å². The van der Waals surface area contributed by atoms with Crippen molar-refractivity contribution in [1.29, 1.82) is 0 Å². The summed E-state index contributed by atoms with van der Waals surface area (Å²) in [6, 6.07) is 13.8. The van der Waals surface area contributed by atoms with Gasteiger partial charge in [0.25, 0.3) is 0 Å². The van der Waals surface area contributed by atoms with E-state index in [-0.39, 0.29) is 6.61 Å². The number of hydrogen-bond acceptors (Lipinski definition) is 3. The molecule has 0 heterocycles. The van der Waals surface area contributed by atoms with Crippen molar-refractivity contribution in [2.45, 2.75) is 19.4 Å². The maximum absolute atomic E-state index is 11.6. The van der Waals surface area contributed by atoms with E-state index in [0.717, 1.165) is 16.5 Å². The van der Waals surface area contributed by atoms with Gasteiger partial charge in [-0.05, 0) is 24.9 Å². The van der Waals surface area contributed by atoms with Crippen molar-refractivity contribution >= 4 is 16.7 Å².